The standard InChI is InChI=1S/C16H18N4O2S/c1-12(2)14-8-9-15-16(17-11-18-20(14)15)19-23(21,22)10-13-6-4-3-5-7-13/h3-9,11-12H,10H2,1-2H3,(H,17,18,19). The SMILES string of the molecule is CC(C)c1ccc2c(NS(=O)(=O)Cc3ccccc3)ncnn12. The predicted octanol–water partition coefficient (Wildman–Crippen LogP) is 2.79. The van der Waals surface area contributed by atoms with E-state index in [9.17, 15) is 8.42 Å². The number of rotatable bonds is 5. The summed E-state index contributed by atoms with van der Waals surface area (Å²) in [6.45, 7) is 4.12. The van der Waals surface area contributed by atoms with Crippen molar-refractivity contribution in [3.05, 3.63) is 60.0 Å². The third-order valence-electron chi connectivity index (χ3n) is 3.52. The fourth-order valence-electron chi connectivity index (χ4n) is 2.45. The van der Waals surface area contributed by atoms with Gasteiger partial charge in [-0.25, -0.2) is 17.9 Å². The Morgan fingerprint density at radius 1 is 1.13 bits per heavy atom. The topological polar surface area (TPSA) is 76.4 Å². The van der Waals surface area contributed by atoms with Gasteiger partial charge in [0, 0.05) is 5.69 Å². The van der Waals surface area contributed by atoms with Gasteiger partial charge in [-0.3, -0.25) is 4.72 Å². The highest BCUT2D eigenvalue weighted by molar-refractivity contribution is 7.91. The minimum absolute atomic E-state index is 0.0955. The average Bonchev–Trinajstić information content (AvgIpc) is 2.92. The molecule has 0 saturated carbocycles. The van der Waals surface area contributed by atoms with Crippen molar-refractivity contribution < 1.29 is 8.42 Å². The Bertz CT molecular complexity index is 918. The van der Waals surface area contributed by atoms with Crippen molar-refractivity contribution >= 4 is 21.4 Å². The molecule has 120 valence electrons. The summed E-state index contributed by atoms with van der Waals surface area (Å²) in [7, 11) is -3.54. The lowest BCUT2D eigenvalue weighted by molar-refractivity contribution is 0.600. The highest BCUT2D eigenvalue weighted by atomic mass is 32.2. The lowest BCUT2D eigenvalue weighted by Gasteiger charge is -2.10. The summed E-state index contributed by atoms with van der Waals surface area (Å²) in [4.78, 5) is 4.08. The Morgan fingerprint density at radius 3 is 2.57 bits per heavy atom. The summed E-state index contributed by atoms with van der Waals surface area (Å²) in [6.07, 6.45) is 1.36. The van der Waals surface area contributed by atoms with E-state index in [1.807, 2.05) is 30.3 Å². The lowest BCUT2D eigenvalue weighted by Crippen LogP contribution is -2.17. The van der Waals surface area contributed by atoms with Gasteiger partial charge in [0.1, 0.15) is 11.8 Å². The summed E-state index contributed by atoms with van der Waals surface area (Å²) in [5.41, 5.74) is 2.38. The second-order valence-electron chi connectivity index (χ2n) is 5.67. The predicted molar refractivity (Wildman–Crippen MR) is 89.8 cm³/mol. The smallest absolute Gasteiger partial charge is 0.238 e. The number of anilines is 1. The Kier molecular flexibility index (Phi) is 4.04. The molecule has 0 aliphatic rings. The van der Waals surface area contributed by atoms with Gasteiger partial charge in [-0.05, 0) is 23.6 Å². The van der Waals surface area contributed by atoms with E-state index in [1.54, 1.807) is 16.6 Å². The number of hydrogen-bond acceptors (Lipinski definition) is 4. The molecule has 1 N–H and O–H groups in total. The van der Waals surface area contributed by atoms with Crippen LogP contribution in [0.25, 0.3) is 5.52 Å². The molecule has 0 saturated heterocycles. The Labute approximate surface area is 135 Å². The third-order valence-corrected chi connectivity index (χ3v) is 4.74. The van der Waals surface area contributed by atoms with E-state index in [0.717, 1.165) is 11.3 Å². The number of nitrogens with zero attached hydrogens (tertiary/aromatic N) is 3. The van der Waals surface area contributed by atoms with Crippen LogP contribution in [0, 0.1) is 0 Å². The summed E-state index contributed by atoms with van der Waals surface area (Å²) in [5.74, 6) is 0.478. The number of nitrogens with one attached hydrogen (secondary N) is 1. The zero-order chi connectivity index (χ0) is 16.4. The number of fused-ring (bicyclic) bond motifs is 1. The van der Waals surface area contributed by atoms with Crippen LogP contribution in [0.5, 0.6) is 0 Å². The van der Waals surface area contributed by atoms with Gasteiger partial charge < -0.3 is 0 Å². The van der Waals surface area contributed by atoms with E-state index >= 15 is 0 Å². The van der Waals surface area contributed by atoms with Crippen LogP contribution in [0.3, 0.4) is 0 Å². The first kappa shape index (κ1) is 15.5. The monoisotopic (exact) mass is 330 g/mol. The van der Waals surface area contributed by atoms with Gasteiger partial charge >= 0.3 is 0 Å². The molecule has 3 aromatic rings. The second-order valence-corrected chi connectivity index (χ2v) is 7.39. The van der Waals surface area contributed by atoms with Crippen molar-refractivity contribution in [1.29, 1.82) is 0 Å². The fourth-order valence-corrected chi connectivity index (χ4v) is 3.60. The van der Waals surface area contributed by atoms with Gasteiger partial charge in [0.15, 0.2) is 5.82 Å². The molecule has 0 bridgehead atoms. The van der Waals surface area contributed by atoms with Crippen LogP contribution in [-0.2, 0) is 15.8 Å². The molecule has 0 aliphatic carbocycles. The molecule has 0 spiro atoms. The van der Waals surface area contributed by atoms with E-state index < -0.39 is 10.0 Å². The van der Waals surface area contributed by atoms with Gasteiger partial charge in [0.05, 0.1) is 5.75 Å². The Hall–Kier alpha value is -2.41. The van der Waals surface area contributed by atoms with Crippen LogP contribution < -0.4 is 4.72 Å². The molecule has 23 heavy (non-hydrogen) atoms. The second kappa shape index (κ2) is 6.00. The summed E-state index contributed by atoms with van der Waals surface area (Å²) < 4.78 is 29.0. The molecule has 0 fully saturated rings. The van der Waals surface area contributed by atoms with Crippen LogP contribution in [0.15, 0.2) is 48.8 Å². The lowest BCUT2D eigenvalue weighted by atomic mass is 10.1. The van der Waals surface area contributed by atoms with Crippen LogP contribution >= 0.6 is 0 Å². The fraction of sp³-hybridized carbons (Fsp3) is 0.250. The first-order valence-corrected chi connectivity index (χ1v) is 8.98. The largest absolute Gasteiger partial charge is 0.265 e. The van der Waals surface area contributed by atoms with E-state index in [-0.39, 0.29) is 11.7 Å². The van der Waals surface area contributed by atoms with Crippen LogP contribution in [0.1, 0.15) is 31.0 Å². The van der Waals surface area contributed by atoms with Crippen molar-refractivity contribution in [2.24, 2.45) is 0 Å². The molecule has 0 unspecified atom stereocenters. The molecule has 0 atom stereocenters. The summed E-state index contributed by atoms with van der Waals surface area (Å²) in [5, 5.41) is 4.21. The summed E-state index contributed by atoms with van der Waals surface area (Å²) in [6, 6.07) is 12.8. The quantitative estimate of drug-likeness (QED) is 0.780. The highest BCUT2D eigenvalue weighted by Gasteiger charge is 2.16. The molecule has 3 rings (SSSR count). The maximum absolute atomic E-state index is 12.4. The average molecular weight is 330 g/mol. The maximum atomic E-state index is 12.4. The molecule has 2 aromatic heterocycles. The molecular weight excluding hydrogens is 312 g/mol. The first-order valence-electron chi connectivity index (χ1n) is 7.33. The van der Waals surface area contributed by atoms with Crippen molar-refractivity contribution in [3.63, 3.8) is 0 Å². The van der Waals surface area contributed by atoms with Gasteiger partial charge in [-0.1, -0.05) is 44.2 Å². The van der Waals surface area contributed by atoms with E-state index in [2.05, 4.69) is 28.7 Å². The van der Waals surface area contributed by atoms with Gasteiger partial charge in [-0.15, -0.1) is 0 Å². The van der Waals surface area contributed by atoms with Gasteiger partial charge in [0.25, 0.3) is 0 Å². The molecule has 0 radical (unpaired) electrons. The van der Waals surface area contributed by atoms with Crippen LogP contribution in [-0.4, -0.2) is 23.0 Å². The van der Waals surface area contributed by atoms with Crippen molar-refractivity contribution in [1.82, 2.24) is 14.6 Å². The number of benzene rings is 1. The zero-order valence-electron chi connectivity index (χ0n) is 13.0. The van der Waals surface area contributed by atoms with E-state index in [1.165, 1.54) is 6.33 Å². The Balaban J connectivity index is 1.92. The molecule has 2 heterocycles. The number of hydrogen-bond donors (Lipinski definition) is 1. The van der Waals surface area contributed by atoms with Crippen molar-refractivity contribution in [3.8, 4) is 0 Å². The molecule has 0 amide bonds. The molecule has 6 nitrogen and oxygen atoms in total. The highest BCUT2D eigenvalue weighted by Crippen LogP contribution is 2.22. The minimum Gasteiger partial charge on any atom is -0.265 e. The van der Waals surface area contributed by atoms with Crippen LogP contribution in [0.4, 0.5) is 5.82 Å². The Morgan fingerprint density at radius 2 is 1.87 bits per heavy atom. The molecule has 1 aromatic carbocycles. The zero-order valence-corrected chi connectivity index (χ0v) is 13.8. The number of aromatic nitrogens is 3. The first-order chi connectivity index (χ1) is 11.0. The number of sulfonamides is 1. The van der Waals surface area contributed by atoms with Crippen LogP contribution in [0.2, 0.25) is 0 Å². The van der Waals surface area contributed by atoms with Gasteiger partial charge in [-0.2, -0.15) is 5.10 Å². The minimum atomic E-state index is -3.54. The van der Waals surface area contributed by atoms with Crippen molar-refractivity contribution in [2.45, 2.75) is 25.5 Å². The molecule has 7 heteroatoms. The van der Waals surface area contributed by atoms with E-state index in [0.29, 0.717) is 11.3 Å². The van der Waals surface area contributed by atoms with E-state index in [4.69, 9.17) is 0 Å². The normalized spacial score (nSPS) is 12.0. The van der Waals surface area contributed by atoms with Crippen molar-refractivity contribution in [2.75, 3.05) is 4.72 Å². The molecular formula is C16H18N4O2S. The van der Waals surface area contributed by atoms with Gasteiger partial charge in [0.2, 0.25) is 10.0 Å². The summed E-state index contributed by atoms with van der Waals surface area (Å²) >= 11 is 0. The third kappa shape index (κ3) is 3.34. The molecule has 0 aliphatic heterocycles. The maximum Gasteiger partial charge on any atom is 0.238 e.